The van der Waals surface area contributed by atoms with Gasteiger partial charge in [0.15, 0.2) is 0 Å². The summed E-state index contributed by atoms with van der Waals surface area (Å²) in [5.41, 5.74) is 2.05. The van der Waals surface area contributed by atoms with Crippen LogP contribution >= 0.6 is 0 Å². The van der Waals surface area contributed by atoms with Crippen molar-refractivity contribution in [2.24, 2.45) is 32.1 Å². The van der Waals surface area contributed by atoms with Crippen molar-refractivity contribution in [2.45, 2.75) is 0 Å². The van der Waals surface area contributed by atoms with Gasteiger partial charge in [-0.1, -0.05) is 22.5 Å². The fourth-order valence-corrected chi connectivity index (χ4v) is 2.35. The van der Waals surface area contributed by atoms with Crippen molar-refractivity contribution < 1.29 is 10.4 Å². The van der Waals surface area contributed by atoms with Crippen molar-refractivity contribution in [1.29, 1.82) is 0 Å². The second-order valence-corrected chi connectivity index (χ2v) is 4.02. The molecule has 0 aromatic rings. The van der Waals surface area contributed by atoms with E-state index in [1.165, 1.54) is 0 Å². The van der Waals surface area contributed by atoms with E-state index in [4.69, 9.17) is 10.4 Å². The highest BCUT2D eigenvalue weighted by Crippen LogP contribution is 2.36. The van der Waals surface area contributed by atoms with E-state index in [0.29, 0.717) is 11.4 Å². The van der Waals surface area contributed by atoms with Crippen molar-refractivity contribution in [3.05, 3.63) is 35.7 Å². The predicted octanol–water partition coefficient (Wildman–Crippen LogP) is 1.39. The van der Waals surface area contributed by atoms with E-state index < -0.39 is 0 Å². The van der Waals surface area contributed by atoms with Gasteiger partial charge in [0.05, 0.1) is 23.2 Å². The maximum Gasteiger partial charge on any atom is 0.118 e. The monoisotopic (exact) mass is 242 g/mol. The third kappa shape index (κ3) is 1.35. The number of rotatable bonds is 0. The molecule has 0 aromatic heterocycles. The number of hydrogen-bond acceptors (Lipinski definition) is 6. The van der Waals surface area contributed by atoms with Gasteiger partial charge in [-0.25, -0.2) is 0 Å². The lowest BCUT2D eigenvalue weighted by Crippen LogP contribution is -2.37. The van der Waals surface area contributed by atoms with E-state index in [1.54, 1.807) is 24.6 Å². The summed E-state index contributed by atoms with van der Waals surface area (Å²) in [6.45, 7) is 0. The van der Waals surface area contributed by atoms with Crippen LogP contribution < -0.4 is 0 Å². The molecule has 0 radical (unpaired) electrons. The van der Waals surface area contributed by atoms with Crippen LogP contribution in [0.1, 0.15) is 0 Å². The molecule has 2 unspecified atom stereocenters. The molecule has 0 bridgehead atoms. The molecular formula is C12H10N4O2. The number of hydrogen-bond donors (Lipinski definition) is 2. The van der Waals surface area contributed by atoms with Gasteiger partial charge in [-0.05, 0) is 12.2 Å². The Hall–Kier alpha value is -2.50. The Morgan fingerprint density at radius 1 is 0.833 bits per heavy atom. The molecule has 0 amide bonds. The summed E-state index contributed by atoms with van der Waals surface area (Å²) in [5, 5.41) is 24.8. The first-order valence-corrected chi connectivity index (χ1v) is 5.47. The molecule has 2 N–H and O–H groups in total. The zero-order valence-electron chi connectivity index (χ0n) is 9.30. The number of aliphatic imine (C=N–C) groups is 2. The first-order valence-electron chi connectivity index (χ1n) is 5.47. The molecule has 6 nitrogen and oxygen atoms in total. The smallest absolute Gasteiger partial charge is 0.118 e. The summed E-state index contributed by atoms with van der Waals surface area (Å²) < 4.78 is 0. The molecule has 18 heavy (non-hydrogen) atoms. The number of fused-ring (bicyclic) bond motifs is 2. The van der Waals surface area contributed by atoms with Crippen LogP contribution in [0.5, 0.6) is 0 Å². The van der Waals surface area contributed by atoms with E-state index in [-0.39, 0.29) is 11.8 Å². The summed E-state index contributed by atoms with van der Waals surface area (Å²) in [5.74, 6) is -0.637. The highest BCUT2D eigenvalue weighted by atomic mass is 16.4. The van der Waals surface area contributed by atoms with Crippen molar-refractivity contribution in [3.63, 3.8) is 0 Å². The summed E-state index contributed by atoms with van der Waals surface area (Å²) in [6.07, 6.45) is 10.5. The Morgan fingerprint density at radius 2 is 1.28 bits per heavy atom. The Balaban J connectivity index is 2.26. The third-order valence-electron chi connectivity index (χ3n) is 3.13. The van der Waals surface area contributed by atoms with Gasteiger partial charge in [-0.3, -0.25) is 9.98 Å². The average molecular weight is 242 g/mol. The van der Waals surface area contributed by atoms with E-state index in [1.807, 2.05) is 12.2 Å². The molecule has 2 atom stereocenters. The molecule has 0 saturated heterocycles. The first-order chi connectivity index (χ1) is 8.86. The van der Waals surface area contributed by atoms with Crippen LogP contribution in [0.15, 0.2) is 56.0 Å². The molecule has 0 aromatic carbocycles. The van der Waals surface area contributed by atoms with E-state index in [9.17, 15) is 0 Å². The molecule has 2 aliphatic heterocycles. The zero-order chi connectivity index (χ0) is 12.5. The minimum absolute atomic E-state index is 0.302. The zero-order valence-corrected chi connectivity index (χ0v) is 9.30. The lowest BCUT2D eigenvalue weighted by atomic mass is 9.78. The second kappa shape index (κ2) is 4.06. The summed E-state index contributed by atoms with van der Waals surface area (Å²) >= 11 is 0. The molecular weight excluding hydrogens is 232 g/mol. The Kier molecular flexibility index (Phi) is 2.40. The molecule has 3 aliphatic rings. The minimum Gasteiger partial charge on any atom is -0.411 e. The van der Waals surface area contributed by atoms with Crippen molar-refractivity contribution in [1.82, 2.24) is 0 Å². The molecule has 6 heteroatoms. The predicted molar refractivity (Wildman–Crippen MR) is 67.7 cm³/mol. The van der Waals surface area contributed by atoms with Gasteiger partial charge in [0.25, 0.3) is 0 Å². The van der Waals surface area contributed by atoms with E-state index in [0.717, 1.165) is 11.4 Å². The van der Waals surface area contributed by atoms with Crippen LogP contribution in [-0.4, -0.2) is 34.3 Å². The van der Waals surface area contributed by atoms with Gasteiger partial charge in [-0.15, -0.1) is 0 Å². The number of oxime groups is 2. The molecule has 0 fully saturated rings. The van der Waals surface area contributed by atoms with Gasteiger partial charge >= 0.3 is 0 Å². The quantitative estimate of drug-likeness (QED) is 0.496. The maximum atomic E-state index is 9.15. The summed E-state index contributed by atoms with van der Waals surface area (Å²) in [4.78, 5) is 8.59. The number of dihydropyridines is 2. The molecule has 3 rings (SSSR count). The normalized spacial score (nSPS) is 33.1. The minimum atomic E-state index is -0.319. The van der Waals surface area contributed by atoms with Crippen LogP contribution in [0.25, 0.3) is 0 Å². The maximum absolute atomic E-state index is 9.15. The SMILES string of the molecule is ON=C1/C(=N\O)C2C=CC=NC2=C2N=CC=CC12. The van der Waals surface area contributed by atoms with Gasteiger partial charge in [0, 0.05) is 12.4 Å². The van der Waals surface area contributed by atoms with Crippen LogP contribution in [0.2, 0.25) is 0 Å². The molecule has 1 aliphatic carbocycles. The van der Waals surface area contributed by atoms with Crippen LogP contribution in [0, 0.1) is 11.8 Å². The van der Waals surface area contributed by atoms with Crippen LogP contribution in [0.4, 0.5) is 0 Å². The second-order valence-electron chi connectivity index (χ2n) is 4.02. The molecule has 90 valence electrons. The van der Waals surface area contributed by atoms with E-state index in [2.05, 4.69) is 20.3 Å². The molecule has 0 saturated carbocycles. The third-order valence-corrected chi connectivity index (χ3v) is 3.13. The van der Waals surface area contributed by atoms with Crippen molar-refractivity contribution in [3.8, 4) is 0 Å². The standard InChI is InChI=1S/C12H10N4O2/c17-15-11-7-3-1-5-13-9(7)10-8(12(11)16-18)4-2-6-14-10/h1-8,17-18H/b15-11-,16-12?. The highest BCUT2D eigenvalue weighted by Gasteiger charge is 2.39. The fourth-order valence-electron chi connectivity index (χ4n) is 2.35. The van der Waals surface area contributed by atoms with Gasteiger partial charge in [0.1, 0.15) is 11.4 Å². The Morgan fingerprint density at radius 3 is 1.67 bits per heavy atom. The fraction of sp³-hybridized carbons (Fsp3) is 0.167. The highest BCUT2D eigenvalue weighted by molar-refractivity contribution is 6.46. The van der Waals surface area contributed by atoms with Gasteiger partial charge in [0.2, 0.25) is 0 Å². The first kappa shape index (κ1) is 10.6. The lowest BCUT2D eigenvalue weighted by molar-refractivity contribution is 0.310. The van der Waals surface area contributed by atoms with Gasteiger partial charge < -0.3 is 10.4 Å². The summed E-state index contributed by atoms with van der Waals surface area (Å²) in [6, 6.07) is 0. The molecule has 0 spiro atoms. The molecule has 2 heterocycles. The lowest BCUT2D eigenvalue weighted by Gasteiger charge is -2.30. The van der Waals surface area contributed by atoms with Gasteiger partial charge in [-0.2, -0.15) is 0 Å². The average Bonchev–Trinajstić information content (AvgIpc) is 2.45. The largest absolute Gasteiger partial charge is 0.411 e. The van der Waals surface area contributed by atoms with Crippen LogP contribution in [0.3, 0.4) is 0 Å². The number of nitrogens with zero attached hydrogens (tertiary/aromatic N) is 4. The Bertz CT molecular complexity index is 541. The van der Waals surface area contributed by atoms with Crippen molar-refractivity contribution >= 4 is 23.9 Å². The van der Waals surface area contributed by atoms with Crippen LogP contribution in [-0.2, 0) is 0 Å². The van der Waals surface area contributed by atoms with Crippen molar-refractivity contribution in [2.75, 3.05) is 0 Å². The topological polar surface area (TPSA) is 89.9 Å². The summed E-state index contributed by atoms with van der Waals surface area (Å²) in [7, 11) is 0. The Labute approximate surface area is 103 Å². The number of allylic oxidation sites excluding steroid dienone is 4. The van der Waals surface area contributed by atoms with E-state index >= 15 is 0 Å².